The molecule has 8 heteroatoms. The van der Waals surface area contributed by atoms with Gasteiger partial charge in [0.1, 0.15) is 0 Å². The van der Waals surface area contributed by atoms with Gasteiger partial charge in [-0.05, 0) is 25.3 Å². The molecule has 0 aliphatic carbocycles. The van der Waals surface area contributed by atoms with E-state index in [1.807, 2.05) is 33.8 Å². The van der Waals surface area contributed by atoms with Crippen molar-refractivity contribution in [3.05, 3.63) is 18.5 Å². The second kappa shape index (κ2) is 9.02. The minimum atomic E-state index is -0.169. The lowest BCUT2D eigenvalue weighted by Crippen LogP contribution is -2.54. The molecular weight excluding hydrogens is 334 g/mol. The van der Waals surface area contributed by atoms with Gasteiger partial charge in [-0.2, -0.15) is 5.10 Å². The number of morpholine rings is 1. The Bertz CT molecular complexity index is 586. The first-order valence-electron chi connectivity index (χ1n) is 9.50. The van der Waals surface area contributed by atoms with Crippen LogP contribution in [0, 0.1) is 0 Å². The molecule has 3 rings (SSSR count). The topological polar surface area (TPSA) is 70.9 Å². The van der Waals surface area contributed by atoms with E-state index >= 15 is 0 Å². The summed E-state index contributed by atoms with van der Waals surface area (Å²) in [5, 5.41) is 4.17. The van der Waals surface area contributed by atoms with Gasteiger partial charge in [0.05, 0.1) is 19.3 Å². The number of rotatable bonds is 6. The lowest BCUT2D eigenvalue weighted by atomic mass is 10.1. The van der Waals surface area contributed by atoms with Crippen LogP contribution in [0.15, 0.2) is 18.5 Å². The standard InChI is InChI=1S/C18H29N5O3/c1-20(7-5-11-22-10-4-6-19-22)17(24)14-16-15-26-13-12-23(16)18(25)21-8-2-3-9-21/h4,6,10,16H,2-3,5,7-9,11-15H2,1H3/t16-/m0/s1. The molecule has 3 amide bonds. The van der Waals surface area contributed by atoms with E-state index in [9.17, 15) is 9.59 Å². The van der Waals surface area contributed by atoms with Crippen LogP contribution < -0.4 is 0 Å². The van der Waals surface area contributed by atoms with Crippen molar-refractivity contribution in [2.75, 3.05) is 46.4 Å². The van der Waals surface area contributed by atoms with E-state index in [2.05, 4.69) is 5.10 Å². The molecule has 0 unspecified atom stereocenters. The van der Waals surface area contributed by atoms with Gasteiger partial charge >= 0.3 is 6.03 Å². The first-order chi connectivity index (χ1) is 12.6. The molecule has 0 saturated carbocycles. The Morgan fingerprint density at radius 3 is 2.81 bits per heavy atom. The zero-order valence-electron chi connectivity index (χ0n) is 15.5. The zero-order valence-corrected chi connectivity index (χ0v) is 15.5. The highest BCUT2D eigenvalue weighted by molar-refractivity contribution is 5.79. The molecule has 0 bridgehead atoms. The molecule has 1 aromatic heterocycles. The second-order valence-electron chi connectivity index (χ2n) is 7.04. The predicted octanol–water partition coefficient (Wildman–Crippen LogP) is 1.04. The molecule has 3 heterocycles. The van der Waals surface area contributed by atoms with Gasteiger partial charge in [-0.3, -0.25) is 9.48 Å². The molecule has 1 atom stereocenters. The highest BCUT2D eigenvalue weighted by Crippen LogP contribution is 2.17. The van der Waals surface area contributed by atoms with Gasteiger partial charge in [-0.15, -0.1) is 0 Å². The van der Waals surface area contributed by atoms with E-state index in [1.54, 1.807) is 11.1 Å². The van der Waals surface area contributed by atoms with E-state index in [0.717, 1.165) is 38.9 Å². The monoisotopic (exact) mass is 363 g/mol. The van der Waals surface area contributed by atoms with Crippen LogP contribution in [-0.4, -0.2) is 88.9 Å². The first-order valence-corrected chi connectivity index (χ1v) is 9.50. The Balaban J connectivity index is 1.48. The summed E-state index contributed by atoms with van der Waals surface area (Å²) in [4.78, 5) is 30.8. The van der Waals surface area contributed by atoms with Crippen LogP contribution in [0.3, 0.4) is 0 Å². The molecule has 1 aromatic rings. The van der Waals surface area contributed by atoms with Crippen molar-refractivity contribution in [3.63, 3.8) is 0 Å². The smallest absolute Gasteiger partial charge is 0.320 e. The molecule has 2 aliphatic heterocycles. The van der Waals surface area contributed by atoms with Crippen molar-refractivity contribution in [3.8, 4) is 0 Å². The third-order valence-electron chi connectivity index (χ3n) is 5.13. The lowest BCUT2D eigenvalue weighted by Gasteiger charge is -2.38. The van der Waals surface area contributed by atoms with Crippen LogP contribution in [0.1, 0.15) is 25.7 Å². The van der Waals surface area contributed by atoms with Crippen molar-refractivity contribution in [2.24, 2.45) is 0 Å². The number of hydrogen-bond acceptors (Lipinski definition) is 4. The number of ether oxygens (including phenoxy) is 1. The summed E-state index contributed by atoms with van der Waals surface area (Å²) in [5.74, 6) is 0.0557. The molecule has 0 N–H and O–H groups in total. The highest BCUT2D eigenvalue weighted by Gasteiger charge is 2.33. The van der Waals surface area contributed by atoms with Crippen molar-refractivity contribution in [2.45, 2.75) is 38.3 Å². The van der Waals surface area contributed by atoms with E-state index in [-0.39, 0.29) is 18.0 Å². The molecule has 144 valence electrons. The van der Waals surface area contributed by atoms with Crippen LogP contribution in [0.5, 0.6) is 0 Å². The SMILES string of the molecule is CN(CCCn1cccn1)C(=O)C[C@H]1COCCN1C(=O)N1CCCC1. The van der Waals surface area contributed by atoms with Crippen molar-refractivity contribution in [1.82, 2.24) is 24.5 Å². The summed E-state index contributed by atoms with van der Waals surface area (Å²) in [6.45, 7) is 4.66. The van der Waals surface area contributed by atoms with E-state index in [1.165, 1.54) is 0 Å². The van der Waals surface area contributed by atoms with Crippen LogP contribution >= 0.6 is 0 Å². The third-order valence-corrected chi connectivity index (χ3v) is 5.13. The number of hydrogen-bond donors (Lipinski definition) is 0. The number of carbonyl (C=O) groups excluding carboxylic acids is 2. The average Bonchev–Trinajstić information content (AvgIpc) is 3.35. The summed E-state index contributed by atoms with van der Waals surface area (Å²) in [6, 6.07) is 1.78. The van der Waals surface area contributed by atoms with Gasteiger partial charge in [-0.25, -0.2) is 4.79 Å². The fourth-order valence-corrected chi connectivity index (χ4v) is 3.55. The van der Waals surface area contributed by atoms with Gasteiger partial charge < -0.3 is 19.4 Å². The van der Waals surface area contributed by atoms with Gasteiger partial charge in [0.25, 0.3) is 0 Å². The normalized spacial score (nSPS) is 20.4. The number of likely N-dealkylation sites (tertiary alicyclic amines) is 1. The number of nitrogens with zero attached hydrogens (tertiary/aromatic N) is 5. The molecule has 2 aliphatic rings. The van der Waals surface area contributed by atoms with Crippen LogP contribution in [0.4, 0.5) is 4.79 Å². The van der Waals surface area contributed by atoms with Crippen LogP contribution in [0.2, 0.25) is 0 Å². The molecule has 0 spiro atoms. The first kappa shape index (κ1) is 18.7. The predicted molar refractivity (Wildman–Crippen MR) is 96.6 cm³/mol. The maximum absolute atomic E-state index is 12.7. The maximum Gasteiger partial charge on any atom is 0.320 e. The largest absolute Gasteiger partial charge is 0.377 e. The Morgan fingerprint density at radius 1 is 1.27 bits per heavy atom. The number of aromatic nitrogens is 2. The summed E-state index contributed by atoms with van der Waals surface area (Å²) in [7, 11) is 1.82. The van der Waals surface area contributed by atoms with Gasteiger partial charge in [0.2, 0.25) is 5.91 Å². The summed E-state index contributed by atoms with van der Waals surface area (Å²) in [6.07, 6.45) is 6.98. The molecule has 26 heavy (non-hydrogen) atoms. The van der Waals surface area contributed by atoms with E-state index in [4.69, 9.17) is 4.74 Å². The van der Waals surface area contributed by atoms with E-state index in [0.29, 0.717) is 32.7 Å². The highest BCUT2D eigenvalue weighted by atomic mass is 16.5. The number of aryl methyl sites for hydroxylation is 1. The summed E-state index contributed by atoms with van der Waals surface area (Å²) in [5.41, 5.74) is 0. The van der Waals surface area contributed by atoms with Crippen molar-refractivity contribution >= 4 is 11.9 Å². The number of carbonyl (C=O) groups is 2. The van der Waals surface area contributed by atoms with Crippen LogP contribution in [-0.2, 0) is 16.1 Å². The van der Waals surface area contributed by atoms with Gasteiger partial charge in [0.15, 0.2) is 0 Å². The fourth-order valence-electron chi connectivity index (χ4n) is 3.55. The Kier molecular flexibility index (Phi) is 6.49. The minimum absolute atomic E-state index is 0.0557. The average molecular weight is 363 g/mol. The quantitative estimate of drug-likeness (QED) is 0.757. The summed E-state index contributed by atoms with van der Waals surface area (Å²) >= 11 is 0. The van der Waals surface area contributed by atoms with Gasteiger partial charge in [0, 0.05) is 58.6 Å². The second-order valence-corrected chi connectivity index (χ2v) is 7.04. The molecular formula is C18H29N5O3. The molecule has 2 saturated heterocycles. The molecule has 0 radical (unpaired) electrons. The maximum atomic E-state index is 12.7. The Hall–Kier alpha value is -2.09. The Labute approximate surface area is 154 Å². The zero-order chi connectivity index (χ0) is 18.4. The molecule has 8 nitrogen and oxygen atoms in total. The number of amides is 3. The molecule has 0 aromatic carbocycles. The number of urea groups is 1. The van der Waals surface area contributed by atoms with E-state index < -0.39 is 0 Å². The Morgan fingerprint density at radius 2 is 2.08 bits per heavy atom. The van der Waals surface area contributed by atoms with Crippen molar-refractivity contribution < 1.29 is 14.3 Å². The van der Waals surface area contributed by atoms with Gasteiger partial charge in [-0.1, -0.05) is 0 Å². The minimum Gasteiger partial charge on any atom is -0.377 e. The van der Waals surface area contributed by atoms with Crippen LogP contribution in [0.25, 0.3) is 0 Å². The summed E-state index contributed by atoms with van der Waals surface area (Å²) < 4.78 is 7.41. The fraction of sp³-hybridized carbons (Fsp3) is 0.722. The van der Waals surface area contributed by atoms with Crippen molar-refractivity contribution in [1.29, 1.82) is 0 Å². The third kappa shape index (κ3) is 4.75. The lowest BCUT2D eigenvalue weighted by molar-refractivity contribution is -0.132. The molecule has 2 fully saturated rings.